The number of likely N-dealkylation sites (tertiary alicyclic amines) is 1. The van der Waals surface area contributed by atoms with Crippen LogP contribution in [0.3, 0.4) is 0 Å². The van der Waals surface area contributed by atoms with Gasteiger partial charge in [-0.2, -0.15) is 0 Å². The summed E-state index contributed by atoms with van der Waals surface area (Å²) in [5.41, 5.74) is -0.535. The first-order valence-corrected chi connectivity index (χ1v) is 6.46. The van der Waals surface area contributed by atoms with E-state index in [9.17, 15) is 9.59 Å². The number of rotatable bonds is 0. The average molecular weight is 239 g/mol. The molecule has 96 valence electrons. The lowest BCUT2D eigenvalue weighted by Crippen LogP contribution is -2.63. The smallest absolute Gasteiger partial charge is 0.417 e. The van der Waals surface area contributed by atoms with Crippen LogP contribution in [0.2, 0.25) is 0 Å². The van der Waals surface area contributed by atoms with E-state index in [-0.39, 0.29) is 17.9 Å². The molecule has 0 aromatic rings. The fraction of sp³-hybridized carbons (Fsp3) is 0.846. The van der Waals surface area contributed by atoms with E-state index < -0.39 is 11.7 Å². The molecule has 2 amide bonds. The van der Waals surface area contributed by atoms with Crippen molar-refractivity contribution in [2.24, 2.45) is 5.92 Å². The molecule has 0 aromatic heterocycles. The predicted molar refractivity (Wildman–Crippen MR) is 63.4 cm³/mol. The molecule has 1 heterocycles. The van der Waals surface area contributed by atoms with Crippen LogP contribution in [0.25, 0.3) is 0 Å². The Labute approximate surface area is 102 Å². The number of hydrogen-bond acceptors (Lipinski definition) is 3. The molecular formula is C13H21NO3. The average Bonchev–Trinajstić information content (AvgIpc) is 2.37. The molecule has 4 nitrogen and oxygen atoms in total. The summed E-state index contributed by atoms with van der Waals surface area (Å²) in [5.74, 6) is 0.0381. The van der Waals surface area contributed by atoms with Crippen LogP contribution in [0.5, 0.6) is 0 Å². The molecule has 17 heavy (non-hydrogen) atoms. The zero-order chi connectivity index (χ0) is 12.6. The minimum Gasteiger partial charge on any atom is -0.443 e. The zero-order valence-electron chi connectivity index (χ0n) is 10.9. The molecule has 1 aliphatic heterocycles. The Morgan fingerprint density at radius 3 is 2.53 bits per heavy atom. The van der Waals surface area contributed by atoms with Crippen LogP contribution in [0.15, 0.2) is 0 Å². The maximum absolute atomic E-state index is 11.9. The van der Waals surface area contributed by atoms with E-state index in [4.69, 9.17) is 4.74 Å². The van der Waals surface area contributed by atoms with E-state index in [1.807, 2.05) is 20.8 Å². The number of hydrogen-bond donors (Lipinski definition) is 0. The molecule has 2 aliphatic rings. The fourth-order valence-corrected chi connectivity index (χ4v) is 2.68. The highest BCUT2D eigenvalue weighted by Gasteiger charge is 2.51. The van der Waals surface area contributed by atoms with Crippen LogP contribution in [0, 0.1) is 5.92 Å². The molecule has 4 heteroatoms. The van der Waals surface area contributed by atoms with Gasteiger partial charge in [-0.3, -0.25) is 4.79 Å². The van der Waals surface area contributed by atoms with Gasteiger partial charge in [0.25, 0.3) is 0 Å². The normalized spacial score (nSPS) is 29.1. The van der Waals surface area contributed by atoms with Gasteiger partial charge in [-0.1, -0.05) is 19.3 Å². The summed E-state index contributed by atoms with van der Waals surface area (Å²) >= 11 is 0. The molecular weight excluding hydrogens is 218 g/mol. The molecule has 0 spiro atoms. The molecule has 0 N–H and O–H groups in total. The summed E-state index contributed by atoms with van der Waals surface area (Å²) in [6.07, 6.45) is 4.79. The van der Waals surface area contributed by atoms with Gasteiger partial charge in [0.15, 0.2) is 0 Å². The van der Waals surface area contributed by atoms with Crippen molar-refractivity contribution < 1.29 is 14.3 Å². The Morgan fingerprint density at radius 1 is 1.24 bits per heavy atom. The van der Waals surface area contributed by atoms with Crippen LogP contribution < -0.4 is 0 Å². The number of carbonyl (C=O) groups is 2. The van der Waals surface area contributed by atoms with Gasteiger partial charge in [-0.25, -0.2) is 9.69 Å². The molecule has 2 fully saturated rings. The Morgan fingerprint density at radius 2 is 1.88 bits per heavy atom. The Balaban J connectivity index is 2.02. The third-order valence-electron chi connectivity index (χ3n) is 3.46. The molecule has 0 unspecified atom stereocenters. The van der Waals surface area contributed by atoms with E-state index in [1.54, 1.807) is 0 Å². The molecule has 1 saturated heterocycles. The first-order valence-electron chi connectivity index (χ1n) is 6.46. The minimum absolute atomic E-state index is 0.0360. The van der Waals surface area contributed by atoms with Gasteiger partial charge < -0.3 is 4.74 Å². The highest BCUT2D eigenvalue weighted by atomic mass is 16.6. The van der Waals surface area contributed by atoms with Crippen molar-refractivity contribution >= 4 is 12.0 Å². The molecule has 1 aliphatic carbocycles. The third kappa shape index (κ3) is 2.45. The molecule has 0 aromatic carbocycles. The van der Waals surface area contributed by atoms with E-state index in [2.05, 4.69) is 0 Å². The predicted octanol–water partition coefficient (Wildman–Crippen LogP) is 2.71. The summed E-state index contributed by atoms with van der Waals surface area (Å²) in [6.45, 7) is 5.46. The monoisotopic (exact) mass is 239 g/mol. The molecule has 0 bridgehead atoms. The summed E-state index contributed by atoms with van der Waals surface area (Å²) in [5, 5.41) is 0. The Kier molecular flexibility index (Phi) is 3.15. The zero-order valence-corrected chi connectivity index (χ0v) is 10.9. The second-order valence-corrected chi connectivity index (χ2v) is 6.00. The highest BCUT2D eigenvalue weighted by molar-refractivity contribution is 5.99. The number of amides is 2. The van der Waals surface area contributed by atoms with Crippen molar-refractivity contribution in [3.63, 3.8) is 0 Å². The van der Waals surface area contributed by atoms with Gasteiger partial charge in [0, 0.05) is 0 Å². The second-order valence-electron chi connectivity index (χ2n) is 6.00. The number of carbonyl (C=O) groups excluding carboxylic acids is 2. The molecule has 2 rings (SSSR count). The van der Waals surface area contributed by atoms with Gasteiger partial charge in [-0.15, -0.1) is 0 Å². The highest BCUT2D eigenvalue weighted by Crippen LogP contribution is 2.38. The van der Waals surface area contributed by atoms with E-state index in [0.717, 1.165) is 25.7 Å². The quantitative estimate of drug-likeness (QED) is 0.611. The third-order valence-corrected chi connectivity index (χ3v) is 3.46. The summed E-state index contributed by atoms with van der Waals surface area (Å²) < 4.78 is 5.27. The van der Waals surface area contributed by atoms with Crippen LogP contribution in [0.4, 0.5) is 4.79 Å². The van der Waals surface area contributed by atoms with E-state index in [1.165, 1.54) is 11.3 Å². The van der Waals surface area contributed by atoms with Crippen LogP contribution in [0.1, 0.15) is 52.9 Å². The van der Waals surface area contributed by atoms with Crippen molar-refractivity contribution in [2.45, 2.75) is 64.5 Å². The number of imide groups is 1. The van der Waals surface area contributed by atoms with E-state index in [0.29, 0.717) is 0 Å². The number of fused-ring (bicyclic) bond motifs is 1. The summed E-state index contributed by atoms with van der Waals surface area (Å²) in [6, 6.07) is 0.0971. The van der Waals surface area contributed by atoms with E-state index >= 15 is 0 Å². The lowest BCUT2D eigenvalue weighted by atomic mass is 9.84. The number of β-lactam (4-membered cyclic amide) rings is 1. The van der Waals surface area contributed by atoms with Gasteiger partial charge in [0.2, 0.25) is 5.91 Å². The maximum Gasteiger partial charge on any atom is 0.417 e. The molecule has 1 saturated carbocycles. The minimum atomic E-state index is -0.535. The number of ether oxygens (including phenoxy) is 1. The van der Waals surface area contributed by atoms with Gasteiger partial charge in [0.1, 0.15) is 5.60 Å². The summed E-state index contributed by atoms with van der Waals surface area (Å²) in [7, 11) is 0. The second kappa shape index (κ2) is 4.31. The topological polar surface area (TPSA) is 46.6 Å². The van der Waals surface area contributed by atoms with Crippen molar-refractivity contribution in [1.82, 2.24) is 4.90 Å². The fourth-order valence-electron chi connectivity index (χ4n) is 2.68. The van der Waals surface area contributed by atoms with Crippen LogP contribution in [-0.4, -0.2) is 28.5 Å². The van der Waals surface area contributed by atoms with Gasteiger partial charge in [0.05, 0.1) is 12.0 Å². The van der Waals surface area contributed by atoms with Crippen LogP contribution in [-0.2, 0) is 9.53 Å². The molecule has 2 atom stereocenters. The van der Waals surface area contributed by atoms with Crippen LogP contribution >= 0.6 is 0 Å². The largest absolute Gasteiger partial charge is 0.443 e. The Bertz CT molecular complexity index is 332. The molecule has 0 radical (unpaired) electrons. The maximum atomic E-state index is 11.9. The number of nitrogens with zero attached hydrogens (tertiary/aromatic N) is 1. The SMILES string of the molecule is CC(C)(C)OC(=O)N1C(=O)[C@H]2CCCCC[C@H]21. The Hall–Kier alpha value is -1.06. The first kappa shape index (κ1) is 12.4. The summed E-state index contributed by atoms with van der Waals surface area (Å²) in [4.78, 5) is 25.1. The van der Waals surface area contributed by atoms with Crippen molar-refractivity contribution in [2.75, 3.05) is 0 Å². The van der Waals surface area contributed by atoms with Gasteiger partial charge in [-0.05, 0) is 33.6 Å². The van der Waals surface area contributed by atoms with Crippen molar-refractivity contribution in [3.05, 3.63) is 0 Å². The lowest BCUT2D eigenvalue weighted by molar-refractivity contribution is -0.154. The van der Waals surface area contributed by atoms with Gasteiger partial charge >= 0.3 is 6.09 Å². The first-order chi connectivity index (χ1) is 7.90. The van der Waals surface area contributed by atoms with Crippen molar-refractivity contribution in [3.8, 4) is 0 Å². The van der Waals surface area contributed by atoms with Crippen molar-refractivity contribution in [1.29, 1.82) is 0 Å². The lowest BCUT2D eigenvalue weighted by Gasteiger charge is -2.45. The standard InChI is InChI=1S/C13H21NO3/c1-13(2,3)17-12(16)14-10-8-6-4-5-7-9(10)11(14)15/h9-10H,4-8H2,1-3H3/t9-,10+/m0/s1.